The topological polar surface area (TPSA) is 53.4 Å². The molecule has 0 saturated carbocycles. The molecule has 3 aromatic rings. The second kappa shape index (κ2) is 6.11. The molecule has 0 bridgehead atoms. The summed E-state index contributed by atoms with van der Waals surface area (Å²) in [6.45, 7) is 0. The largest absolute Gasteiger partial charge is 0.506 e. The third-order valence-electron chi connectivity index (χ3n) is 3.93. The van der Waals surface area contributed by atoms with Crippen molar-refractivity contribution in [2.45, 2.75) is 5.37 Å². The number of aromatic hydroxyl groups is 1. The van der Waals surface area contributed by atoms with Gasteiger partial charge in [0.2, 0.25) is 5.91 Å². The van der Waals surface area contributed by atoms with Gasteiger partial charge in [-0.05, 0) is 30.3 Å². The fraction of sp³-hybridized carbons (Fsp3) is 0.111. The number of pyridine rings is 1. The van der Waals surface area contributed by atoms with Crippen molar-refractivity contribution < 1.29 is 9.90 Å². The lowest BCUT2D eigenvalue weighted by Crippen LogP contribution is -2.28. The molecule has 1 unspecified atom stereocenters. The first-order chi connectivity index (χ1) is 11.6. The van der Waals surface area contributed by atoms with Crippen LogP contribution < -0.4 is 4.90 Å². The van der Waals surface area contributed by atoms with Crippen LogP contribution in [0.1, 0.15) is 11.1 Å². The van der Waals surface area contributed by atoms with Gasteiger partial charge in [0.1, 0.15) is 16.6 Å². The zero-order valence-corrected chi connectivity index (χ0v) is 14.9. The summed E-state index contributed by atoms with van der Waals surface area (Å²) >= 11 is 5.00. The Bertz CT molecular complexity index is 947. The Labute approximate surface area is 151 Å². The van der Waals surface area contributed by atoms with Crippen LogP contribution in [-0.2, 0) is 4.79 Å². The van der Waals surface area contributed by atoms with Crippen molar-refractivity contribution >= 4 is 50.2 Å². The molecule has 6 heteroatoms. The van der Waals surface area contributed by atoms with Gasteiger partial charge in [-0.3, -0.25) is 9.69 Å². The van der Waals surface area contributed by atoms with E-state index in [1.54, 1.807) is 28.8 Å². The maximum Gasteiger partial charge on any atom is 0.238 e. The Hall–Kier alpha value is -2.05. The van der Waals surface area contributed by atoms with E-state index in [0.717, 1.165) is 21.2 Å². The van der Waals surface area contributed by atoms with E-state index < -0.39 is 0 Å². The highest BCUT2D eigenvalue weighted by Crippen LogP contribution is 2.42. The lowest BCUT2D eigenvalue weighted by atomic mass is 10.2. The highest BCUT2D eigenvalue weighted by molar-refractivity contribution is 9.10. The van der Waals surface area contributed by atoms with Crippen molar-refractivity contribution in [1.29, 1.82) is 0 Å². The SMILES string of the molecule is O=C1CSC(c2ccc3cccc(O)c3n2)N1c1cccc(Br)c1. The minimum absolute atomic E-state index is 0.0577. The average Bonchev–Trinajstić information content (AvgIpc) is 2.97. The van der Waals surface area contributed by atoms with E-state index in [2.05, 4.69) is 20.9 Å². The Kier molecular flexibility index (Phi) is 3.94. The summed E-state index contributed by atoms with van der Waals surface area (Å²) in [4.78, 5) is 18.8. The number of hydrogen-bond acceptors (Lipinski definition) is 4. The van der Waals surface area contributed by atoms with Gasteiger partial charge in [0.25, 0.3) is 0 Å². The predicted octanol–water partition coefficient (Wildman–Crippen LogP) is 4.48. The van der Waals surface area contributed by atoms with Gasteiger partial charge in [-0.2, -0.15) is 0 Å². The quantitative estimate of drug-likeness (QED) is 0.688. The maximum absolute atomic E-state index is 12.4. The Balaban J connectivity index is 1.80. The van der Waals surface area contributed by atoms with E-state index in [1.165, 1.54) is 0 Å². The van der Waals surface area contributed by atoms with E-state index in [1.807, 2.05) is 42.5 Å². The van der Waals surface area contributed by atoms with Gasteiger partial charge in [-0.1, -0.05) is 40.2 Å². The standard InChI is InChI=1S/C18H13BrN2O2S/c19-12-4-2-5-13(9-12)21-16(23)10-24-18(21)14-8-7-11-3-1-6-15(22)17(11)20-14/h1-9,18,22H,10H2. The van der Waals surface area contributed by atoms with Crippen molar-refractivity contribution in [3.63, 3.8) is 0 Å². The average molecular weight is 401 g/mol. The van der Waals surface area contributed by atoms with E-state index in [4.69, 9.17) is 0 Å². The number of phenolic OH excluding ortho intramolecular Hbond substituents is 1. The number of fused-ring (bicyclic) bond motifs is 1. The van der Waals surface area contributed by atoms with Crippen LogP contribution in [0.15, 0.2) is 59.1 Å². The molecule has 1 N–H and O–H groups in total. The molecule has 1 aliphatic heterocycles. The maximum atomic E-state index is 12.4. The molecule has 1 amide bonds. The van der Waals surface area contributed by atoms with E-state index in [-0.39, 0.29) is 17.0 Å². The monoisotopic (exact) mass is 400 g/mol. The predicted molar refractivity (Wildman–Crippen MR) is 100 cm³/mol. The number of thioether (sulfide) groups is 1. The summed E-state index contributed by atoms with van der Waals surface area (Å²) in [5, 5.41) is 10.7. The van der Waals surface area contributed by atoms with Crippen molar-refractivity contribution in [3.8, 4) is 5.75 Å². The minimum Gasteiger partial charge on any atom is -0.506 e. The van der Waals surface area contributed by atoms with Crippen molar-refractivity contribution in [2.24, 2.45) is 0 Å². The third-order valence-corrected chi connectivity index (χ3v) is 5.60. The highest BCUT2D eigenvalue weighted by Gasteiger charge is 2.35. The van der Waals surface area contributed by atoms with E-state index in [9.17, 15) is 9.90 Å². The van der Waals surface area contributed by atoms with Crippen molar-refractivity contribution in [3.05, 3.63) is 64.8 Å². The lowest BCUT2D eigenvalue weighted by molar-refractivity contribution is -0.115. The molecule has 0 radical (unpaired) electrons. The smallest absolute Gasteiger partial charge is 0.238 e. The molecule has 1 fully saturated rings. The lowest BCUT2D eigenvalue weighted by Gasteiger charge is -2.24. The van der Waals surface area contributed by atoms with Gasteiger partial charge in [0.15, 0.2) is 0 Å². The van der Waals surface area contributed by atoms with Gasteiger partial charge in [-0.25, -0.2) is 4.98 Å². The Morgan fingerprint density at radius 1 is 1.17 bits per heavy atom. The molecule has 2 heterocycles. The molecule has 0 aliphatic carbocycles. The van der Waals surface area contributed by atoms with Crippen LogP contribution in [0.4, 0.5) is 5.69 Å². The molecular formula is C18H13BrN2O2S. The Morgan fingerprint density at radius 3 is 2.83 bits per heavy atom. The van der Waals surface area contributed by atoms with Crippen LogP contribution in [0.3, 0.4) is 0 Å². The van der Waals surface area contributed by atoms with Crippen LogP contribution in [-0.4, -0.2) is 21.8 Å². The zero-order chi connectivity index (χ0) is 16.7. The normalized spacial score (nSPS) is 17.6. The molecule has 2 aromatic carbocycles. The van der Waals surface area contributed by atoms with E-state index in [0.29, 0.717) is 11.3 Å². The zero-order valence-electron chi connectivity index (χ0n) is 12.5. The molecule has 0 spiro atoms. The molecule has 4 rings (SSSR count). The van der Waals surface area contributed by atoms with Gasteiger partial charge in [-0.15, -0.1) is 11.8 Å². The summed E-state index contributed by atoms with van der Waals surface area (Å²) in [6, 6.07) is 16.9. The summed E-state index contributed by atoms with van der Waals surface area (Å²) in [6.07, 6.45) is 0. The first kappa shape index (κ1) is 15.5. The number of aromatic nitrogens is 1. The van der Waals surface area contributed by atoms with Gasteiger partial charge in [0.05, 0.1) is 11.4 Å². The van der Waals surface area contributed by atoms with Gasteiger partial charge < -0.3 is 5.11 Å². The minimum atomic E-state index is -0.198. The number of carbonyl (C=O) groups is 1. The summed E-state index contributed by atoms with van der Waals surface area (Å²) in [5.41, 5.74) is 2.16. The molecule has 1 atom stereocenters. The number of carbonyl (C=O) groups excluding carboxylic acids is 1. The number of amides is 1. The second-order valence-corrected chi connectivity index (χ2v) is 7.48. The van der Waals surface area contributed by atoms with Crippen molar-refractivity contribution in [1.82, 2.24) is 4.98 Å². The molecule has 120 valence electrons. The number of phenols is 1. The summed E-state index contributed by atoms with van der Waals surface area (Å²) in [7, 11) is 0. The number of nitrogens with zero attached hydrogens (tertiary/aromatic N) is 2. The number of anilines is 1. The number of halogens is 1. The van der Waals surface area contributed by atoms with E-state index >= 15 is 0 Å². The number of hydrogen-bond donors (Lipinski definition) is 1. The fourth-order valence-corrected chi connectivity index (χ4v) is 4.35. The molecule has 4 nitrogen and oxygen atoms in total. The second-order valence-electron chi connectivity index (χ2n) is 5.49. The number of para-hydroxylation sites is 1. The third kappa shape index (κ3) is 2.65. The van der Waals surface area contributed by atoms with Crippen LogP contribution in [0, 0.1) is 0 Å². The molecule has 1 aliphatic rings. The number of benzene rings is 2. The van der Waals surface area contributed by atoms with Gasteiger partial charge in [0, 0.05) is 15.5 Å². The summed E-state index contributed by atoms with van der Waals surface area (Å²) < 4.78 is 0.924. The van der Waals surface area contributed by atoms with Gasteiger partial charge >= 0.3 is 0 Å². The molecule has 24 heavy (non-hydrogen) atoms. The molecule has 1 saturated heterocycles. The first-order valence-electron chi connectivity index (χ1n) is 7.41. The van der Waals surface area contributed by atoms with Crippen LogP contribution in [0.2, 0.25) is 0 Å². The molecular weight excluding hydrogens is 388 g/mol. The number of rotatable bonds is 2. The Morgan fingerprint density at radius 2 is 2.00 bits per heavy atom. The first-order valence-corrected chi connectivity index (χ1v) is 9.25. The van der Waals surface area contributed by atoms with Crippen LogP contribution >= 0.6 is 27.7 Å². The van der Waals surface area contributed by atoms with Crippen LogP contribution in [0.5, 0.6) is 5.75 Å². The highest BCUT2D eigenvalue weighted by atomic mass is 79.9. The molecule has 1 aromatic heterocycles. The fourth-order valence-electron chi connectivity index (χ4n) is 2.83. The van der Waals surface area contributed by atoms with Crippen molar-refractivity contribution in [2.75, 3.05) is 10.7 Å². The van der Waals surface area contributed by atoms with Crippen LogP contribution in [0.25, 0.3) is 10.9 Å². The summed E-state index contributed by atoms with van der Waals surface area (Å²) in [5.74, 6) is 0.623.